The lowest BCUT2D eigenvalue weighted by Crippen LogP contribution is -2.47. The minimum atomic E-state index is -0.929. The molecule has 2 unspecified atom stereocenters. The van der Waals surface area contributed by atoms with Crippen molar-refractivity contribution in [3.8, 4) is 0 Å². The Morgan fingerprint density at radius 2 is 2.09 bits per heavy atom. The van der Waals surface area contributed by atoms with Gasteiger partial charge in [-0.2, -0.15) is 0 Å². The number of amides is 2. The number of piperidine rings is 1. The fraction of sp³-hybridized carbons (Fsp3) is 0.364. The fourth-order valence-corrected chi connectivity index (χ4v) is 6.30. The molecule has 6 N–H and O–H groups in total. The number of rotatable bonds is 5. The Bertz CT molecular complexity index is 1340. The highest BCUT2D eigenvalue weighted by Crippen LogP contribution is 2.54. The highest BCUT2D eigenvalue weighted by Gasteiger charge is 2.70. The minimum Gasteiger partial charge on any atom is -0.368 e. The number of H-pyrrole nitrogens is 1. The van der Waals surface area contributed by atoms with Gasteiger partial charge < -0.3 is 26.7 Å². The average molecular weight is 484 g/mol. The summed E-state index contributed by atoms with van der Waals surface area (Å²) < 4.78 is 0. The fourth-order valence-electron chi connectivity index (χ4n) is 5.16. The van der Waals surface area contributed by atoms with Crippen molar-refractivity contribution < 1.29 is 9.59 Å². The van der Waals surface area contributed by atoms with Crippen molar-refractivity contribution in [2.24, 2.45) is 23.3 Å². The number of nitrogens with two attached hydrogens (primary N) is 2. The van der Waals surface area contributed by atoms with Crippen LogP contribution in [0.1, 0.15) is 28.5 Å². The number of nitrogens with zero attached hydrogens (tertiary/aromatic N) is 3. The summed E-state index contributed by atoms with van der Waals surface area (Å²) in [5.41, 5.74) is 14.1. The Balaban J connectivity index is 1.38. The first-order valence-corrected chi connectivity index (χ1v) is 12.0. The molecule has 11 heteroatoms. The molecule has 1 saturated heterocycles. The van der Waals surface area contributed by atoms with Gasteiger partial charge in [-0.1, -0.05) is 24.6 Å². The van der Waals surface area contributed by atoms with Crippen LogP contribution in [0.3, 0.4) is 0 Å². The van der Waals surface area contributed by atoms with E-state index in [0.29, 0.717) is 41.0 Å². The van der Waals surface area contributed by atoms with Crippen molar-refractivity contribution in [2.45, 2.75) is 35.5 Å². The molecule has 2 aliphatic heterocycles. The zero-order valence-electron chi connectivity index (χ0n) is 17.8. The largest absolute Gasteiger partial charge is 0.368 e. The van der Waals surface area contributed by atoms with E-state index in [2.05, 4.69) is 15.2 Å². The molecule has 1 aliphatic carbocycles. The molecule has 170 valence electrons. The molecule has 6 rings (SSSR count). The lowest BCUT2D eigenvalue weighted by atomic mass is 10.1. The number of aromatic amines is 1. The van der Waals surface area contributed by atoms with E-state index in [9.17, 15) is 9.59 Å². The number of hydrogen-bond donors (Lipinski definition) is 4. The summed E-state index contributed by atoms with van der Waals surface area (Å²) in [6, 6.07) is 5.79. The summed E-state index contributed by atoms with van der Waals surface area (Å²) in [6.45, 7) is 3.75. The van der Waals surface area contributed by atoms with Crippen molar-refractivity contribution in [1.29, 1.82) is 0 Å². The molecule has 4 heterocycles. The predicted octanol–water partition coefficient (Wildman–Crippen LogP) is 1.82. The molecule has 1 saturated carbocycles. The van der Waals surface area contributed by atoms with Crippen molar-refractivity contribution in [3.05, 3.63) is 40.0 Å². The van der Waals surface area contributed by atoms with Crippen LogP contribution in [0.4, 0.5) is 5.82 Å². The monoisotopic (exact) mass is 483 g/mol. The van der Waals surface area contributed by atoms with Gasteiger partial charge in [-0.3, -0.25) is 9.59 Å². The molecular weight excluding hydrogens is 462 g/mol. The standard InChI is InChI=1S/C22H22ClN7O2S/c1-2-14-16(23)15-17(27-14)28-21(33-10-4-3-9-6-26-19(31)11(9)5-10)29-18(15)30-7-12-13(8-30)22(12,25)20(24)32/h3-5,12-13H,2,6-8,25H2,1H3,(H2,24,32)(H,26,31)(H,27,28,29). The maximum atomic E-state index is 12.1. The number of primary amides is 1. The second-order valence-electron chi connectivity index (χ2n) is 8.84. The van der Waals surface area contributed by atoms with Gasteiger partial charge >= 0.3 is 0 Å². The average Bonchev–Trinajstić information content (AvgIpc) is 3.22. The van der Waals surface area contributed by atoms with Crippen LogP contribution in [0.25, 0.3) is 11.0 Å². The molecule has 9 nitrogen and oxygen atoms in total. The molecule has 1 aromatic carbocycles. The van der Waals surface area contributed by atoms with E-state index in [1.807, 2.05) is 25.1 Å². The van der Waals surface area contributed by atoms with Crippen LogP contribution in [0.2, 0.25) is 5.02 Å². The summed E-state index contributed by atoms with van der Waals surface area (Å²) >= 11 is 8.09. The van der Waals surface area contributed by atoms with Crippen molar-refractivity contribution >= 4 is 52.0 Å². The van der Waals surface area contributed by atoms with E-state index in [1.54, 1.807) is 0 Å². The summed E-state index contributed by atoms with van der Waals surface area (Å²) in [6.07, 6.45) is 0.732. The van der Waals surface area contributed by atoms with Gasteiger partial charge in [0.15, 0.2) is 5.16 Å². The second-order valence-corrected chi connectivity index (χ2v) is 10.3. The van der Waals surface area contributed by atoms with Crippen LogP contribution in [0, 0.1) is 11.8 Å². The van der Waals surface area contributed by atoms with Crippen molar-refractivity contribution in [3.63, 3.8) is 0 Å². The van der Waals surface area contributed by atoms with E-state index < -0.39 is 11.4 Å². The van der Waals surface area contributed by atoms with Crippen LogP contribution >= 0.6 is 23.4 Å². The zero-order chi connectivity index (χ0) is 23.1. The van der Waals surface area contributed by atoms with Crippen LogP contribution in [0.15, 0.2) is 28.3 Å². The molecule has 0 radical (unpaired) electrons. The van der Waals surface area contributed by atoms with Crippen LogP contribution in [-0.4, -0.2) is 45.4 Å². The van der Waals surface area contributed by atoms with E-state index in [0.717, 1.165) is 33.8 Å². The maximum absolute atomic E-state index is 12.1. The molecule has 3 aliphatic rings. The van der Waals surface area contributed by atoms with Gasteiger partial charge in [-0.05, 0) is 35.9 Å². The number of anilines is 1. The quantitative estimate of drug-likeness (QED) is 0.405. The molecule has 2 fully saturated rings. The topological polar surface area (TPSA) is 143 Å². The predicted molar refractivity (Wildman–Crippen MR) is 125 cm³/mol. The number of aryl methyl sites for hydroxylation is 1. The third-order valence-electron chi connectivity index (χ3n) is 7.12. The summed E-state index contributed by atoms with van der Waals surface area (Å²) in [5, 5.41) is 4.77. The first kappa shape index (κ1) is 20.8. The summed E-state index contributed by atoms with van der Waals surface area (Å²) in [7, 11) is 0. The van der Waals surface area contributed by atoms with Crippen molar-refractivity contribution in [2.75, 3.05) is 18.0 Å². The molecule has 0 spiro atoms. The lowest BCUT2D eigenvalue weighted by molar-refractivity contribution is -0.120. The lowest BCUT2D eigenvalue weighted by Gasteiger charge is -2.24. The van der Waals surface area contributed by atoms with Gasteiger partial charge in [0.1, 0.15) is 17.0 Å². The second kappa shape index (κ2) is 7.09. The maximum Gasteiger partial charge on any atom is 0.251 e. The number of hydrogen-bond acceptors (Lipinski definition) is 7. The Morgan fingerprint density at radius 3 is 2.79 bits per heavy atom. The zero-order valence-corrected chi connectivity index (χ0v) is 19.4. The van der Waals surface area contributed by atoms with Crippen LogP contribution in [0.5, 0.6) is 0 Å². The Labute approximate surface area is 198 Å². The van der Waals surface area contributed by atoms with Gasteiger partial charge in [0.2, 0.25) is 5.91 Å². The van der Waals surface area contributed by atoms with Gasteiger partial charge in [0.05, 0.1) is 10.4 Å². The number of benzene rings is 1. The molecule has 33 heavy (non-hydrogen) atoms. The molecular formula is C22H22ClN7O2S. The SMILES string of the molecule is CCc1[nH]c2nc(Sc3ccc4c(c3)C(=O)NC4)nc(N3CC4C(C3)C4(N)C(N)=O)c2c1Cl. The third-order valence-corrected chi connectivity index (χ3v) is 8.39. The number of carbonyl (C=O) groups is 2. The van der Waals surface area contributed by atoms with E-state index in [4.69, 9.17) is 33.0 Å². The van der Waals surface area contributed by atoms with Gasteiger partial charge in [-0.15, -0.1) is 0 Å². The molecule has 2 aromatic heterocycles. The normalized spacial score (nSPS) is 25.3. The van der Waals surface area contributed by atoms with Gasteiger partial charge in [0, 0.05) is 47.6 Å². The molecule has 0 bridgehead atoms. The van der Waals surface area contributed by atoms with E-state index in [-0.39, 0.29) is 17.7 Å². The molecule has 3 aromatic rings. The number of halogens is 1. The van der Waals surface area contributed by atoms with Crippen molar-refractivity contribution in [1.82, 2.24) is 20.3 Å². The first-order valence-electron chi connectivity index (χ1n) is 10.8. The smallest absolute Gasteiger partial charge is 0.251 e. The number of nitrogens with one attached hydrogen (secondary N) is 2. The first-order chi connectivity index (χ1) is 15.8. The summed E-state index contributed by atoms with van der Waals surface area (Å²) in [5.74, 6) is 0.227. The molecule has 2 atom stereocenters. The number of carbonyl (C=O) groups excluding carboxylic acids is 2. The Hall–Kier alpha value is -2.82. The highest BCUT2D eigenvalue weighted by molar-refractivity contribution is 7.99. The third kappa shape index (κ3) is 2.97. The Morgan fingerprint density at radius 1 is 1.33 bits per heavy atom. The van der Waals surface area contributed by atoms with Gasteiger partial charge in [0.25, 0.3) is 5.91 Å². The highest BCUT2D eigenvalue weighted by atomic mass is 35.5. The van der Waals surface area contributed by atoms with E-state index in [1.165, 1.54) is 11.8 Å². The number of fused-ring (bicyclic) bond motifs is 3. The van der Waals surface area contributed by atoms with E-state index >= 15 is 0 Å². The Kier molecular flexibility index (Phi) is 4.46. The van der Waals surface area contributed by atoms with Gasteiger partial charge in [-0.25, -0.2) is 9.97 Å². The van der Waals surface area contributed by atoms with Crippen LogP contribution in [-0.2, 0) is 17.8 Å². The molecule has 2 amide bonds. The summed E-state index contributed by atoms with van der Waals surface area (Å²) in [4.78, 5) is 39.8. The van der Waals surface area contributed by atoms with Crippen LogP contribution < -0.4 is 21.7 Å². The minimum absolute atomic E-state index is 0.00899. The number of aromatic nitrogens is 3.